The van der Waals surface area contributed by atoms with Crippen LogP contribution in [0.15, 0.2) is 10.9 Å². The number of aromatic nitrogens is 2. The predicted molar refractivity (Wildman–Crippen MR) is 57.0 cm³/mol. The lowest BCUT2D eigenvalue weighted by atomic mass is 10.1. The molecule has 1 heterocycles. The van der Waals surface area contributed by atoms with E-state index in [9.17, 15) is 4.79 Å². The number of nitrogens with one attached hydrogen (secondary N) is 1. The SMILES string of the molecule is CCc1cc(=O)[nH]c(C2(COC)CC2)n1. The lowest BCUT2D eigenvalue weighted by Crippen LogP contribution is -2.23. The Kier molecular flexibility index (Phi) is 2.61. The molecule has 0 saturated heterocycles. The summed E-state index contributed by atoms with van der Waals surface area (Å²) in [4.78, 5) is 18.7. The van der Waals surface area contributed by atoms with Gasteiger partial charge in [-0.15, -0.1) is 0 Å². The van der Waals surface area contributed by atoms with E-state index in [4.69, 9.17) is 4.74 Å². The minimum absolute atomic E-state index is 0.0148. The van der Waals surface area contributed by atoms with Gasteiger partial charge >= 0.3 is 0 Å². The van der Waals surface area contributed by atoms with E-state index in [0.29, 0.717) is 6.61 Å². The van der Waals surface area contributed by atoms with Crippen LogP contribution in [0.1, 0.15) is 31.3 Å². The minimum atomic E-state index is -0.0563. The van der Waals surface area contributed by atoms with Crippen LogP contribution in [0.25, 0.3) is 0 Å². The number of rotatable bonds is 4. The van der Waals surface area contributed by atoms with E-state index >= 15 is 0 Å². The van der Waals surface area contributed by atoms with Gasteiger partial charge in [0, 0.05) is 18.9 Å². The lowest BCUT2D eigenvalue weighted by molar-refractivity contribution is 0.168. The van der Waals surface area contributed by atoms with Crippen LogP contribution in [0.4, 0.5) is 0 Å². The van der Waals surface area contributed by atoms with Crippen LogP contribution in [0.5, 0.6) is 0 Å². The van der Waals surface area contributed by atoms with Crippen molar-refractivity contribution in [3.05, 3.63) is 27.9 Å². The van der Waals surface area contributed by atoms with Crippen molar-refractivity contribution in [2.24, 2.45) is 0 Å². The molecule has 1 aromatic rings. The Balaban J connectivity index is 2.36. The maximum Gasteiger partial charge on any atom is 0.251 e. The topological polar surface area (TPSA) is 55.0 Å². The lowest BCUT2D eigenvalue weighted by Gasteiger charge is -2.13. The van der Waals surface area contributed by atoms with Gasteiger partial charge in [0.2, 0.25) is 0 Å². The van der Waals surface area contributed by atoms with Crippen molar-refractivity contribution < 1.29 is 4.74 Å². The number of aromatic amines is 1. The van der Waals surface area contributed by atoms with Crippen molar-refractivity contribution in [3.63, 3.8) is 0 Å². The first-order valence-corrected chi connectivity index (χ1v) is 5.30. The van der Waals surface area contributed by atoms with Gasteiger partial charge < -0.3 is 9.72 Å². The molecule has 0 spiro atoms. The smallest absolute Gasteiger partial charge is 0.251 e. The first-order valence-electron chi connectivity index (χ1n) is 5.30. The van der Waals surface area contributed by atoms with Gasteiger partial charge in [-0.2, -0.15) is 0 Å². The zero-order valence-electron chi connectivity index (χ0n) is 9.17. The van der Waals surface area contributed by atoms with Crippen LogP contribution in [0.2, 0.25) is 0 Å². The van der Waals surface area contributed by atoms with E-state index in [-0.39, 0.29) is 11.0 Å². The number of hydrogen-bond donors (Lipinski definition) is 1. The van der Waals surface area contributed by atoms with Crippen LogP contribution in [-0.4, -0.2) is 23.7 Å². The molecule has 4 heteroatoms. The molecule has 0 aliphatic heterocycles. The molecule has 0 unspecified atom stereocenters. The van der Waals surface area contributed by atoms with Gasteiger partial charge in [0.05, 0.1) is 12.0 Å². The Bertz CT molecular complexity index is 407. The third kappa shape index (κ3) is 1.95. The van der Waals surface area contributed by atoms with Gasteiger partial charge in [-0.3, -0.25) is 4.79 Å². The van der Waals surface area contributed by atoms with Gasteiger partial charge in [-0.05, 0) is 19.3 Å². The van der Waals surface area contributed by atoms with Crippen LogP contribution in [0.3, 0.4) is 0 Å². The third-order valence-corrected chi connectivity index (χ3v) is 2.93. The van der Waals surface area contributed by atoms with Crippen molar-refractivity contribution in [2.45, 2.75) is 31.6 Å². The Hall–Kier alpha value is -1.16. The minimum Gasteiger partial charge on any atom is -0.384 e. The van der Waals surface area contributed by atoms with Gasteiger partial charge in [0.1, 0.15) is 5.82 Å². The summed E-state index contributed by atoms with van der Waals surface area (Å²) in [6, 6.07) is 1.56. The summed E-state index contributed by atoms with van der Waals surface area (Å²) in [6.07, 6.45) is 2.90. The normalized spacial score (nSPS) is 17.7. The van der Waals surface area contributed by atoms with Crippen molar-refractivity contribution in [1.82, 2.24) is 9.97 Å². The summed E-state index contributed by atoms with van der Waals surface area (Å²) in [7, 11) is 1.68. The predicted octanol–water partition coefficient (Wildman–Crippen LogP) is 1.01. The van der Waals surface area contributed by atoms with Crippen molar-refractivity contribution >= 4 is 0 Å². The van der Waals surface area contributed by atoms with Crippen molar-refractivity contribution in [3.8, 4) is 0 Å². The molecular formula is C11H16N2O2. The van der Waals surface area contributed by atoms with Gasteiger partial charge in [0.15, 0.2) is 0 Å². The molecule has 15 heavy (non-hydrogen) atoms. The Labute approximate surface area is 88.7 Å². The molecule has 1 saturated carbocycles. The highest BCUT2D eigenvalue weighted by molar-refractivity contribution is 5.19. The fraction of sp³-hybridized carbons (Fsp3) is 0.636. The van der Waals surface area contributed by atoms with Gasteiger partial charge in [-0.25, -0.2) is 4.98 Å². The maximum absolute atomic E-state index is 11.4. The van der Waals surface area contributed by atoms with Crippen LogP contribution in [-0.2, 0) is 16.6 Å². The molecule has 1 aromatic heterocycles. The van der Waals surface area contributed by atoms with E-state index in [1.807, 2.05) is 6.92 Å². The average molecular weight is 208 g/mol. The molecule has 0 aromatic carbocycles. The van der Waals surface area contributed by atoms with Gasteiger partial charge in [0.25, 0.3) is 5.56 Å². The Morgan fingerprint density at radius 2 is 2.33 bits per heavy atom. The molecule has 1 N–H and O–H groups in total. The summed E-state index contributed by atoms with van der Waals surface area (Å²) in [5.74, 6) is 0.800. The number of ether oxygens (including phenoxy) is 1. The third-order valence-electron chi connectivity index (χ3n) is 2.93. The van der Waals surface area contributed by atoms with E-state index in [1.165, 1.54) is 0 Å². The summed E-state index contributed by atoms with van der Waals surface area (Å²) >= 11 is 0. The summed E-state index contributed by atoms with van der Waals surface area (Å²) < 4.78 is 5.17. The second kappa shape index (κ2) is 3.77. The van der Waals surface area contributed by atoms with Crippen LogP contribution < -0.4 is 5.56 Å². The first kappa shape index (κ1) is 10.4. The number of hydrogen-bond acceptors (Lipinski definition) is 3. The van der Waals surface area contributed by atoms with Crippen LogP contribution in [0, 0.1) is 0 Å². The molecule has 0 atom stereocenters. The molecule has 0 bridgehead atoms. The second-order valence-corrected chi connectivity index (χ2v) is 4.15. The van der Waals surface area contributed by atoms with Crippen LogP contribution >= 0.6 is 0 Å². The molecule has 1 aliphatic carbocycles. The van der Waals surface area contributed by atoms with Crippen molar-refractivity contribution in [2.75, 3.05) is 13.7 Å². The fourth-order valence-electron chi connectivity index (χ4n) is 1.82. The quantitative estimate of drug-likeness (QED) is 0.803. The number of H-pyrrole nitrogens is 1. The maximum atomic E-state index is 11.4. The Morgan fingerprint density at radius 3 is 2.87 bits per heavy atom. The van der Waals surface area contributed by atoms with Gasteiger partial charge in [-0.1, -0.05) is 6.92 Å². The monoisotopic (exact) mass is 208 g/mol. The number of aryl methyl sites for hydroxylation is 1. The van der Waals surface area contributed by atoms with E-state index in [1.54, 1.807) is 13.2 Å². The van der Waals surface area contributed by atoms with E-state index in [2.05, 4.69) is 9.97 Å². The van der Waals surface area contributed by atoms with Crippen molar-refractivity contribution in [1.29, 1.82) is 0 Å². The molecule has 82 valence electrons. The Morgan fingerprint density at radius 1 is 1.60 bits per heavy atom. The molecule has 1 fully saturated rings. The number of nitrogens with zero attached hydrogens (tertiary/aromatic N) is 1. The van der Waals surface area contributed by atoms with E-state index < -0.39 is 0 Å². The zero-order valence-corrected chi connectivity index (χ0v) is 9.17. The molecule has 0 radical (unpaired) electrons. The standard InChI is InChI=1S/C11H16N2O2/c1-3-8-6-9(14)13-10(12-8)11(4-5-11)7-15-2/h6H,3-5,7H2,1-2H3,(H,12,13,14). The highest BCUT2D eigenvalue weighted by atomic mass is 16.5. The van der Waals surface area contributed by atoms with E-state index in [0.717, 1.165) is 30.8 Å². The molecule has 1 aliphatic rings. The highest BCUT2D eigenvalue weighted by Crippen LogP contribution is 2.46. The first-order chi connectivity index (χ1) is 7.20. The zero-order chi connectivity index (χ0) is 10.9. The summed E-state index contributed by atoms with van der Waals surface area (Å²) in [6.45, 7) is 2.64. The molecule has 0 amide bonds. The fourth-order valence-corrected chi connectivity index (χ4v) is 1.82. The number of methoxy groups -OCH3 is 1. The highest BCUT2D eigenvalue weighted by Gasteiger charge is 2.46. The average Bonchev–Trinajstić information content (AvgIpc) is 2.98. The largest absolute Gasteiger partial charge is 0.384 e. The summed E-state index contributed by atoms with van der Waals surface area (Å²) in [5.41, 5.74) is 0.786. The second-order valence-electron chi connectivity index (χ2n) is 4.15. The molecule has 4 nitrogen and oxygen atoms in total. The summed E-state index contributed by atoms with van der Waals surface area (Å²) in [5, 5.41) is 0. The molecule has 2 rings (SSSR count). The molecular weight excluding hydrogens is 192 g/mol.